The number of ether oxygens (including phenoxy) is 1. The minimum Gasteiger partial charge on any atom is -0.463 e. The summed E-state index contributed by atoms with van der Waals surface area (Å²) >= 11 is 0. The van der Waals surface area contributed by atoms with E-state index < -0.39 is 14.4 Å². The molecule has 11 heavy (non-hydrogen) atoms. The van der Waals surface area contributed by atoms with Crippen molar-refractivity contribution in [3.63, 3.8) is 0 Å². The maximum Gasteiger partial charge on any atom is 0.332 e. The first-order valence-corrected chi connectivity index (χ1v) is 6.32. The molecule has 2 nitrogen and oxygen atoms in total. The van der Waals surface area contributed by atoms with Crippen LogP contribution in [0.1, 0.15) is 6.92 Å². The van der Waals surface area contributed by atoms with Crippen LogP contribution in [0.2, 0.25) is 13.1 Å². The predicted octanol–water partition coefficient (Wildman–Crippen LogP) is 1.82. The van der Waals surface area contributed by atoms with Crippen LogP contribution in [0.3, 0.4) is 0 Å². The average Bonchev–Trinajstić information content (AvgIpc) is 1.85. The van der Waals surface area contributed by atoms with E-state index in [1.54, 1.807) is 6.92 Å². The summed E-state index contributed by atoms with van der Waals surface area (Å²) in [6, 6.07) is 0. The summed E-state index contributed by atoms with van der Waals surface area (Å²) in [4.78, 5) is 10.9. The maximum atomic E-state index is 13.1. The second-order valence-corrected chi connectivity index (χ2v) is 6.22. The summed E-state index contributed by atoms with van der Waals surface area (Å²) in [6.45, 7) is 8.12. The summed E-state index contributed by atoms with van der Waals surface area (Å²) in [7, 11) is -3.03. The summed E-state index contributed by atoms with van der Waals surface area (Å²) in [5.74, 6) is -0.605. The maximum absolute atomic E-state index is 13.1. The van der Waals surface area contributed by atoms with E-state index in [1.165, 1.54) is 13.1 Å². The lowest BCUT2D eigenvalue weighted by atomic mass is 10.6. The van der Waals surface area contributed by atoms with Gasteiger partial charge in [-0.3, -0.25) is 0 Å². The SMILES string of the molecule is C=C(C(=O)OCC)[Si](C)(C)F. The Labute approximate surface area is 67.2 Å². The van der Waals surface area contributed by atoms with Gasteiger partial charge < -0.3 is 8.84 Å². The first-order chi connectivity index (χ1) is 4.89. The molecule has 0 aromatic carbocycles. The first-order valence-electron chi connectivity index (χ1n) is 3.45. The van der Waals surface area contributed by atoms with E-state index in [4.69, 9.17) is 0 Å². The Hall–Kier alpha value is -0.643. The quantitative estimate of drug-likeness (QED) is 0.284. The second-order valence-electron chi connectivity index (χ2n) is 2.67. The van der Waals surface area contributed by atoms with Crippen molar-refractivity contribution in [3.05, 3.63) is 11.8 Å². The highest BCUT2D eigenvalue weighted by Crippen LogP contribution is 2.15. The molecule has 0 saturated carbocycles. The first kappa shape index (κ1) is 10.4. The number of halogens is 1. The van der Waals surface area contributed by atoms with Crippen molar-refractivity contribution in [2.24, 2.45) is 0 Å². The van der Waals surface area contributed by atoms with Gasteiger partial charge in [-0.2, -0.15) is 0 Å². The zero-order valence-corrected chi connectivity index (χ0v) is 8.11. The Morgan fingerprint density at radius 2 is 2.09 bits per heavy atom. The smallest absolute Gasteiger partial charge is 0.332 e. The third-order valence-electron chi connectivity index (χ3n) is 1.24. The van der Waals surface area contributed by atoms with Gasteiger partial charge in [0.15, 0.2) is 0 Å². The summed E-state index contributed by atoms with van der Waals surface area (Å²) in [5.41, 5.74) is 0. The molecular formula is C7H13FO2Si. The Balaban J connectivity index is 4.15. The van der Waals surface area contributed by atoms with Gasteiger partial charge >= 0.3 is 5.97 Å². The van der Waals surface area contributed by atoms with Crippen LogP contribution < -0.4 is 0 Å². The number of rotatable bonds is 3. The van der Waals surface area contributed by atoms with Gasteiger partial charge in [-0.15, -0.1) is 0 Å². The molecule has 0 saturated heterocycles. The lowest BCUT2D eigenvalue weighted by Gasteiger charge is -2.12. The van der Waals surface area contributed by atoms with E-state index >= 15 is 0 Å². The summed E-state index contributed by atoms with van der Waals surface area (Å²) < 4.78 is 17.7. The molecule has 0 fully saturated rings. The number of carbonyl (C=O) groups excluding carboxylic acids is 1. The topological polar surface area (TPSA) is 26.3 Å². The van der Waals surface area contributed by atoms with Gasteiger partial charge in [-0.1, -0.05) is 6.58 Å². The van der Waals surface area contributed by atoms with Crippen LogP contribution in [0.15, 0.2) is 11.8 Å². The summed E-state index contributed by atoms with van der Waals surface area (Å²) in [5, 5.41) is -0.000602. The van der Waals surface area contributed by atoms with Gasteiger partial charge in [0, 0.05) is 5.20 Å². The molecule has 0 aliphatic rings. The van der Waals surface area contributed by atoms with Crippen LogP contribution in [0.25, 0.3) is 0 Å². The molecule has 0 rings (SSSR count). The third kappa shape index (κ3) is 3.32. The Kier molecular flexibility index (Phi) is 3.45. The van der Waals surface area contributed by atoms with E-state index in [9.17, 15) is 8.90 Å². The molecule has 0 radical (unpaired) electrons. The van der Waals surface area contributed by atoms with E-state index in [1.807, 2.05) is 0 Å². The van der Waals surface area contributed by atoms with Crippen molar-refractivity contribution in [2.75, 3.05) is 6.61 Å². The Morgan fingerprint density at radius 1 is 1.64 bits per heavy atom. The number of esters is 1. The zero-order valence-electron chi connectivity index (χ0n) is 7.11. The molecule has 0 heterocycles. The molecule has 0 unspecified atom stereocenters. The van der Waals surface area contributed by atoms with E-state index in [2.05, 4.69) is 11.3 Å². The van der Waals surface area contributed by atoms with Crippen LogP contribution in [-0.2, 0) is 9.53 Å². The average molecular weight is 176 g/mol. The van der Waals surface area contributed by atoms with Gasteiger partial charge in [0.2, 0.25) is 0 Å². The monoisotopic (exact) mass is 176 g/mol. The van der Waals surface area contributed by atoms with Gasteiger partial charge in [0.25, 0.3) is 8.41 Å². The lowest BCUT2D eigenvalue weighted by molar-refractivity contribution is -0.137. The molecule has 0 atom stereocenters. The highest BCUT2D eigenvalue weighted by atomic mass is 28.4. The Morgan fingerprint density at radius 3 is 2.36 bits per heavy atom. The number of hydrogen-bond acceptors (Lipinski definition) is 2. The van der Waals surface area contributed by atoms with Crippen molar-refractivity contribution >= 4 is 14.4 Å². The molecule has 0 amide bonds. The standard InChI is InChI=1S/C7H13FO2Si/c1-5-10-7(9)6(2)11(3,4)8/h2,5H2,1,3-4H3. The fourth-order valence-corrected chi connectivity index (χ4v) is 1.02. The van der Waals surface area contributed by atoms with E-state index in [-0.39, 0.29) is 11.8 Å². The highest BCUT2D eigenvalue weighted by molar-refractivity contribution is 6.82. The third-order valence-corrected chi connectivity index (χ3v) is 2.88. The largest absolute Gasteiger partial charge is 0.463 e. The van der Waals surface area contributed by atoms with Crippen LogP contribution >= 0.6 is 0 Å². The minimum atomic E-state index is -3.03. The fourth-order valence-electron chi connectivity index (χ4n) is 0.461. The molecular weight excluding hydrogens is 163 g/mol. The van der Waals surface area contributed by atoms with Crippen molar-refractivity contribution in [2.45, 2.75) is 20.0 Å². The molecule has 4 heteroatoms. The fraction of sp³-hybridized carbons (Fsp3) is 0.571. The van der Waals surface area contributed by atoms with Gasteiger partial charge in [0.05, 0.1) is 6.61 Å². The normalized spacial score (nSPS) is 10.9. The van der Waals surface area contributed by atoms with Crippen molar-refractivity contribution in [1.82, 2.24) is 0 Å². The second kappa shape index (κ2) is 3.66. The molecule has 0 spiro atoms. The number of hydrogen-bond donors (Lipinski definition) is 0. The minimum absolute atomic E-state index is 0.000602. The molecule has 0 aromatic rings. The van der Waals surface area contributed by atoms with Crippen LogP contribution in [0.5, 0.6) is 0 Å². The van der Waals surface area contributed by atoms with E-state index in [0.717, 1.165) is 0 Å². The van der Waals surface area contributed by atoms with E-state index in [0.29, 0.717) is 0 Å². The van der Waals surface area contributed by atoms with Gasteiger partial charge in [-0.05, 0) is 20.0 Å². The molecule has 0 aliphatic carbocycles. The molecule has 0 N–H and O–H groups in total. The number of carbonyl (C=O) groups is 1. The van der Waals surface area contributed by atoms with Crippen LogP contribution in [0, 0.1) is 0 Å². The predicted molar refractivity (Wildman–Crippen MR) is 44.4 cm³/mol. The van der Waals surface area contributed by atoms with Crippen LogP contribution in [-0.4, -0.2) is 21.0 Å². The van der Waals surface area contributed by atoms with Crippen LogP contribution in [0.4, 0.5) is 4.11 Å². The van der Waals surface area contributed by atoms with Gasteiger partial charge in [-0.25, -0.2) is 4.79 Å². The molecule has 64 valence electrons. The van der Waals surface area contributed by atoms with Crippen molar-refractivity contribution < 1.29 is 13.6 Å². The van der Waals surface area contributed by atoms with Crippen molar-refractivity contribution in [1.29, 1.82) is 0 Å². The van der Waals surface area contributed by atoms with Gasteiger partial charge in [0.1, 0.15) is 0 Å². The molecule has 0 bridgehead atoms. The Bertz CT molecular complexity index is 172. The van der Waals surface area contributed by atoms with Crippen molar-refractivity contribution in [3.8, 4) is 0 Å². The summed E-state index contributed by atoms with van der Waals surface area (Å²) in [6.07, 6.45) is 0. The zero-order chi connectivity index (χ0) is 9.07. The molecule has 0 aromatic heterocycles. The lowest BCUT2D eigenvalue weighted by Crippen LogP contribution is -2.28. The molecule has 0 aliphatic heterocycles. The highest BCUT2D eigenvalue weighted by Gasteiger charge is 2.30.